The van der Waals surface area contributed by atoms with Crippen molar-refractivity contribution in [3.8, 4) is 16.9 Å². The van der Waals surface area contributed by atoms with Crippen LogP contribution in [0.15, 0.2) is 84.2 Å². The number of ether oxygens (including phenoxy) is 1. The lowest BCUT2D eigenvalue weighted by Gasteiger charge is -2.43. The molecular weight excluding hydrogens is 508 g/mol. The zero-order valence-corrected chi connectivity index (χ0v) is 23.3. The molecule has 0 amide bonds. The summed E-state index contributed by atoms with van der Waals surface area (Å²) in [5, 5.41) is 15.1. The first-order chi connectivity index (χ1) is 17.2. The van der Waals surface area contributed by atoms with E-state index >= 15 is 0 Å². The molecule has 0 aliphatic rings. The van der Waals surface area contributed by atoms with E-state index in [-0.39, 0.29) is 21.4 Å². The summed E-state index contributed by atoms with van der Waals surface area (Å²) in [6.45, 7) is 7.07. The van der Waals surface area contributed by atoms with Crippen LogP contribution in [-0.2, 0) is 15.8 Å². The Hall–Kier alpha value is -2.90. The van der Waals surface area contributed by atoms with Crippen molar-refractivity contribution in [1.82, 2.24) is 0 Å². The number of benzene rings is 3. The summed E-state index contributed by atoms with van der Waals surface area (Å²) in [6.07, 6.45) is 0. The van der Waals surface area contributed by atoms with Crippen molar-refractivity contribution in [2.45, 2.75) is 32.4 Å². The van der Waals surface area contributed by atoms with Gasteiger partial charge in [-0.2, -0.15) is 0 Å². The maximum atomic E-state index is 12.2. The number of carbonyl (C=O) groups is 1. The van der Waals surface area contributed by atoms with E-state index in [0.29, 0.717) is 12.2 Å². The molecule has 0 saturated heterocycles. The molecule has 1 aromatic heterocycles. The number of aromatic hydroxyl groups is 1. The number of rotatable bonds is 7. The van der Waals surface area contributed by atoms with Gasteiger partial charge in [0.05, 0.1) is 24.3 Å². The molecule has 0 fully saturated rings. The number of phenols is 1. The summed E-state index contributed by atoms with van der Waals surface area (Å²) < 4.78 is 12.0. The lowest BCUT2D eigenvalue weighted by molar-refractivity contribution is 0.0601. The van der Waals surface area contributed by atoms with Gasteiger partial charge in [-0.25, -0.2) is 4.79 Å². The van der Waals surface area contributed by atoms with Crippen molar-refractivity contribution in [3.63, 3.8) is 0 Å². The average molecular weight is 537 g/mol. The highest BCUT2D eigenvalue weighted by Gasteiger charge is 2.50. The standard InChI is InChI=1S/C29H29ClO4SSi/c1-29(2,3)36(20-11-7-5-8-12-20,21-13-9-6-10-14-21)34-19-27-22(15-16-35-27)23-17-24(28(32)33-4)25(30)18-26(23)31/h5-18,31H,19H2,1-4H3. The number of hydrogen-bond acceptors (Lipinski definition) is 5. The Morgan fingerprint density at radius 3 is 2.06 bits per heavy atom. The molecule has 4 rings (SSSR count). The summed E-state index contributed by atoms with van der Waals surface area (Å²) >= 11 is 7.76. The van der Waals surface area contributed by atoms with E-state index in [2.05, 4.69) is 69.3 Å². The molecule has 0 aliphatic heterocycles. The third-order valence-corrected chi connectivity index (χ3v) is 12.6. The molecule has 0 aliphatic carbocycles. The van der Waals surface area contributed by atoms with Gasteiger partial charge in [0.1, 0.15) is 5.75 Å². The van der Waals surface area contributed by atoms with Crippen molar-refractivity contribution in [2.24, 2.45) is 0 Å². The molecule has 3 aromatic carbocycles. The second-order valence-electron chi connectivity index (χ2n) is 9.55. The van der Waals surface area contributed by atoms with Crippen LogP contribution in [0, 0.1) is 0 Å². The van der Waals surface area contributed by atoms with Gasteiger partial charge in [0.15, 0.2) is 0 Å². The van der Waals surface area contributed by atoms with E-state index < -0.39 is 14.3 Å². The fourth-order valence-corrected chi connectivity index (χ4v) is 10.3. The molecule has 0 saturated carbocycles. The minimum atomic E-state index is -2.74. The SMILES string of the molecule is COC(=O)c1cc(-c2ccsc2CO[Si](c2ccccc2)(c2ccccc2)C(C)(C)C)c(O)cc1Cl. The quantitative estimate of drug-likeness (QED) is 0.212. The van der Waals surface area contributed by atoms with Crippen LogP contribution in [0.25, 0.3) is 11.1 Å². The van der Waals surface area contributed by atoms with Crippen molar-refractivity contribution >= 4 is 47.6 Å². The second-order valence-corrected chi connectivity index (χ2v) is 15.3. The third kappa shape index (κ3) is 4.86. The second kappa shape index (κ2) is 10.6. The monoisotopic (exact) mass is 536 g/mol. The largest absolute Gasteiger partial charge is 0.507 e. The minimum Gasteiger partial charge on any atom is -0.507 e. The highest BCUT2D eigenvalue weighted by atomic mass is 35.5. The fourth-order valence-electron chi connectivity index (χ4n) is 4.67. The number of phenolic OH excluding ortho intramolecular Hbond substituents is 1. The van der Waals surface area contributed by atoms with Gasteiger partial charge >= 0.3 is 5.97 Å². The molecule has 1 N–H and O–H groups in total. The first-order valence-electron chi connectivity index (χ1n) is 11.6. The van der Waals surface area contributed by atoms with Gasteiger partial charge in [0.25, 0.3) is 8.32 Å². The Morgan fingerprint density at radius 1 is 0.944 bits per heavy atom. The van der Waals surface area contributed by atoms with E-state index in [1.165, 1.54) is 23.5 Å². The minimum absolute atomic E-state index is 0.00208. The molecule has 1 heterocycles. The molecule has 4 aromatic rings. The van der Waals surface area contributed by atoms with E-state index in [4.69, 9.17) is 20.8 Å². The number of esters is 1. The predicted molar refractivity (Wildman–Crippen MR) is 150 cm³/mol. The highest BCUT2D eigenvalue weighted by molar-refractivity contribution is 7.10. The van der Waals surface area contributed by atoms with Crippen LogP contribution in [0.5, 0.6) is 5.75 Å². The Bertz CT molecular complexity index is 1310. The summed E-state index contributed by atoms with van der Waals surface area (Å²) in [5.74, 6) is -0.556. The van der Waals surface area contributed by atoms with Crippen LogP contribution >= 0.6 is 22.9 Å². The van der Waals surface area contributed by atoms with Crippen molar-refractivity contribution in [3.05, 3.63) is 99.7 Å². The normalized spacial score (nSPS) is 11.9. The summed E-state index contributed by atoms with van der Waals surface area (Å²) in [4.78, 5) is 13.2. The Labute approximate surface area is 222 Å². The van der Waals surface area contributed by atoms with Gasteiger partial charge in [-0.3, -0.25) is 0 Å². The molecule has 0 atom stereocenters. The summed E-state index contributed by atoms with van der Waals surface area (Å²) in [5.41, 5.74) is 1.52. The Balaban J connectivity index is 1.80. The zero-order valence-electron chi connectivity index (χ0n) is 20.7. The molecule has 0 unspecified atom stereocenters. The van der Waals surface area contributed by atoms with E-state index in [9.17, 15) is 9.90 Å². The maximum Gasteiger partial charge on any atom is 0.339 e. The molecule has 36 heavy (non-hydrogen) atoms. The molecule has 0 radical (unpaired) electrons. The van der Waals surface area contributed by atoms with Crippen LogP contribution in [0.4, 0.5) is 0 Å². The molecule has 7 heteroatoms. The first kappa shape index (κ1) is 26.2. The van der Waals surface area contributed by atoms with Crippen LogP contribution in [-0.4, -0.2) is 26.5 Å². The number of carbonyl (C=O) groups excluding carboxylic acids is 1. The van der Waals surface area contributed by atoms with E-state index in [1.807, 2.05) is 23.6 Å². The fraction of sp³-hybridized carbons (Fsp3) is 0.207. The molecule has 186 valence electrons. The molecular formula is C29H29ClO4SSi. The maximum absolute atomic E-state index is 12.2. The van der Waals surface area contributed by atoms with Gasteiger partial charge in [-0.1, -0.05) is 93.0 Å². The third-order valence-electron chi connectivity index (χ3n) is 6.36. The van der Waals surface area contributed by atoms with Gasteiger partial charge in [0.2, 0.25) is 0 Å². The first-order valence-corrected chi connectivity index (χ1v) is 14.8. The Kier molecular flexibility index (Phi) is 7.71. The number of methoxy groups -OCH3 is 1. The highest BCUT2D eigenvalue weighted by Crippen LogP contribution is 2.41. The van der Waals surface area contributed by atoms with Crippen molar-refractivity contribution in [1.29, 1.82) is 0 Å². The lowest BCUT2D eigenvalue weighted by Crippen LogP contribution is -2.66. The predicted octanol–water partition coefficient (Wildman–Crippen LogP) is 6.64. The van der Waals surface area contributed by atoms with Gasteiger partial charge in [0, 0.05) is 22.1 Å². The smallest absolute Gasteiger partial charge is 0.339 e. The van der Waals surface area contributed by atoms with Crippen LogP contribution in [0.1, 0.15) is 36.0 Å². The van der Waals surface area contributed by atoms with Crippen LogP contribution < -0.4 is 10.4 Å². The van der Waals surface area contributed by atoms with Gasteiger partial charge in [-0.05, 0) is 32.9 Å². The van der Waals surface area contributed by atoms with Crippen LogP contribution in [0.2, 0.25) is 10.1 Å². The van der Waals surface area contributed by atoms with Gasteiger partial charge in [-0.15, -0.1) is 11.3 Å². The average Bonchev–Trinajstić information content (AvgIpc) is 3.33. The van der Waals surface area contributed by atoms with Crippen LogP contribution in [0.3, 0.4) is 0 Å². The van der Waals surface area contributed by atoms with E-state index in [1.54, 1.807) is 17.4 Å². The number of hydrogen-bond donors (Lipinski definition) is 1. The molecule has 0 bridgehead atoms. The number of thiophene rings is 1. The zero-order chi connectivity index (χ0) is 25.9. The Morgan fingerprint density at radius 2 is 1.53 bits per heavy atom. The summed E-state index contributed by atoms with van der Waals surface area (Å²) in [7, 11) is -1.43. The topological polar surface area (TPSA) is 55.8 Å². The molecule has 4 nitrogen and oxygen atoms in total. The van der Waals surface area contributed by atoms with E-state index in [0.717, 1.165) is 10.4 Å². The molecule has 0 spiro atoms. The lowest BCUT2D eigenvalue weighted by atomic mass is 10.0. The summed E-state index contributed by atoms with van der Waals surface area (Å²) in [6, 6.07) is 25.8. The number of halogens is 1. The van der Waals surface area contributed by atoms with Crippen molar-refractivity contribution < 1.29 is 19.1 Å². The van der Waals surface area contributed by atoms with Gasteiger partial charge < -0.3 is 14.3 Å². The van der Waals surface area contributed by atoms with Crippen molar-refractivity contribution in [2.75, 3.05) is 7.11 Å².